The highest BCUT2D eigenvalue weighted by Gasteiger charge is 2.36. The van der Waals surface area contributed by atoms with Crippen molar-refractivity contribution in [3.05, 3.63) is 29.0 Å². The van der Waals surface area contributed by atoms with Gasteiger partial charge in [0.15, 0.2) is 0 Å². The van der Waals surface area contributed by atoms with E-state index in [1.54, 1.807) is 11.5 Å². The molecule has 2 bridgehead atoms. The van der Waals surface area contributed by atoms with Gasteiger partial charge in [0.25, 0.3) is 0 Å². The van der Waals surface area contributed by atoms with Crippen LogP contribution in [-0.4, -0.2) is 50.1 Å². The molecule has 24 heavy (non-hydrogen) atoms. The number of rotatable bonds is 4. The summed E-state index contributed by atoms with van der Waals surface area (Å²) < 4.78 is 4.19. The van der Waals surface area contributed by atoms with Crippen molar-refractivity contribution in [1.29, 1.82) is 0 Å². The fourth-order valence-electron chi connectivity index (χ4n) is 3.94. The summed E-state index contributed by atoms with van der Waals surface area (Å²) in [6.07, 6.45) is 6.25. The molecule has 3 aliphatic rings. The molecule has 5 rings (SSSR count). The van der Waals surface area contributed by atoms with Crippen LogP contribution in [0.15, 0.2) is 18.5 Å². The summed E-state index contributed by atoms with van der Waals surface area (Å²) >= 11 is 1.56. The van der Waals surface area contributed by atoms with Crippen LogP contribution in [0.4, 0.5) is 5.95 Å². The zero-order valence-electron chi connectivity index (χ0n) is 14.3. The van der Waals surface area contributed by atoms with Crippen molar-refractivity contribution in [2.24, 2.45) is 5.92 Å². The van der Waals surface area contributed by atoms with E-state index in [1.165, 1.54) is 23.4 Å². The van der Waals surface area contributed by atoms with E-state index < -0.39 is 0 Å². The molecule has 3 aliphatic heterocycles. The minimum absolute atomic E-state index is 0.442. The average molecular weight is 344 g/mol. The van der Waals surface area contributed by atoms with Crippen LogP contribution >= 0.6 is 11.5 Å². The maximum Gasteiger partial charge on any atom is 0.225 e. The number of piperidine rings is 1. The van der Waals surface area contributed by atoms with E-state index in [-0.39, 0.29) is 0 Å². The first kappa shape index (κ1) is 15.9. The Balaban J connectivity index is 1.52. The molecule has 0 radical (unpaired) electrons. The lowest BCUT2D eigenvalue weighted by atomic mass is 9.95. The van der Waals surface area contributed by atoms with Gasteiger partial charge < -0.3 is 4.90 Å². The van der Waals surface area contributed by atoms with Gasteiger partial charge in [-0.3, -0.25) is 4.90 Å². The third-order valence-electron chi connectivity index (χ3n) is 5.14. The molecule has 0 aromatic carbocycles. The Morgan fingerprint density at radius 1 is 1.17 bits per heavy atom. The summed E-state index contributed by atoms with van der Waals surface area (Å²) in [7, 11) is 0. The van der Waals surface area contributed by atoms with Crippen LogP contribution in [0.5, 0.6) is 0 Å². The number of fused-ring (bicyclic) bond motifs is 4. The number of anilines is 1. The van der Waals surface area contributed by atoms with Gasteiger partial charge in [-0.2, -0.15) is 0 Å². The van der Waals surface area contributed by atoms with Crippen molar-refractivity contribution in [3.63, 3.8) is 0 Å². The van der Waals surface area contributed by atoms with E-state index in [0.29, 0.717) is 17.9 Å². The van der Waals surface area contributed by atoms with Crippen molar-refractivity contribution in [1.82, 2.24) is 24.5 Å². The van der Waals surface area contributed by atoms with Gasteiger partial charge in [0, 0.05) is 44.6 Å². The largest absolute Gasteiger partial charge is 0.339 e. The van der Waals surface area contributed by atoms with Gasteiger partial charge in [-0.05, 0) is 42.3 Å². The molecule has 128 valence electrons. The molecule has 6 nitrogen and oxygen atoms in total. The Morgan fingerprint density at radius 3 is 2.79 bits per heavy atom. The van der Waals surface area contributed by atoms with Crippen molar-refractivity contribution >= 4 is 17.5 Å². The molecule has 2 atom stereocenters. The standard InChI is InChI=1S/C17H24N6S/c1-12(2)16-15(24-21-20-16)11-22-8-13-4-5-14(22)10-23(9-13)17-18-6-3-7-19-17/h3,6-7,12-14H,4-5,8-11H2,1-2H3/t13-,14-/m1/s1. The first-order chi connectivity index (χ1) is 11.7. The van der Waals surface area contributed by atoms with Gasteiger partial charge in [0.2, 0.25) is 5.95 Å². The molecule has 3 fully saturated rings. The summed E-state index contributed by atoms with van der Waals surface area (Å²) in [5.41, 5.74) is 1.17. The molecule has 2 aromatic rings. The van der Waals surface area contributed by atoms with E-state index in [4.69, 9.17) is 0 Å². The summed E-state index contributed by atoms with van der Waals surface area (Å²) in [6, 6.07) is 2.45. The van der Waals surface area contributed by atoms with Crippen molar-refractivity contribution < 1.29 is 0 Å². The Bertz CT molecular complexity index is 673. The van der Waals surface area contributed by atoms with Crippen molar-refractivity contribution in [2.45, 2.75) is 45.2 Å². The summed E-state index contributed by atoms with van der Waals surface area (Å²) in [5, 5.41) is 4.34. The van der Waals surface area contributed by atoms with Crippen LogP contribution in [-0.2, 0) is 6.54 Å². The molecule has 0 N–H and O–H groups in total. The Hall–Kier alpha value is -1.60. The zero-order valence-corrected chi connectivity index (χ0v) is 15.1. The smallest absolute Gasteiger partial charge is 0.225 e. The second-order valence-electron chi connectivity index (χ2n) is 7.22. The zero-order chi connectivity index (χ0) is 16.5. The topological polar surface area (TPSA) is 58.0 Å². The van der Waals surface area contributed by atoms with Crippen LogP contribution in [0.2, 0.25) is 0 Å². The second kappa shape index (κ2) is 6.72. The molecule has 0 unspecified atom stereocenters. The van der Waals surface area contributed by atoms with Crippen LogP contribution in [0.1, 0.15) is 43.2 Å². The molecule has 7 heteroatoms. The molecule has 3 saturated heterocycles. The van der Waals surface area contributed by atoms with Crippen LogP contribution < -0.4 is 4.90 Å². The molecule has 0 aliphatic carbocycles. The number of hydrogen-bond acceptors (Lipinski definition) is 7. The highest BCUT2D eigenvalue weighted by atomic mass is 32.1. The molecule has 2 aromatic heterocycles. The summed E-state index contributed by atoms with van der Waals surface area (Å²) in [5.74, 6) is 2.01. The maximum atomic E-state index is 4.46. The minimum Gasteiger partial charge on any atom is -0.339 e. The quantitative estimate of drug-likeness (QED) is 0.849. The highest BCUT2D eigenvalue weighted by Crippen LogP contribution is 2.32. The van der Waals surface area contributed by atoms with Crippen LogP contribution in [0.25, 0.3) is 0 Å². The minimum atomic E-state index is 0.442. The molecule has 0 saturated carbocycles. The SMILES string of the molecule is CC(C)c1nnsc1CN1C[C@H]2CC[C@@H]1CN(c1ncccn1)C2. The predicted octanol–water partition coefficient (Wildman–Crippen LogP) is 2.55. The van der Waals surface area contributed by atoms with Gasteiger partial charge in [-0.25, -0.2) is 9.97 Å². The molecule has 0 amide bonds. The maximum absolute atomic E-state index is 4.46. The normalized spacial score (nSPS) is 24.5. The Kier molecular flexibility index (Phi) is 4.45. The van der Waals surface area contributed by atoms with E-state index in [0.717, 1.165) is 32.1 Å². The Labute approximate surface area is 147 Å². The van der Waals surface area contributed by atoms with E-state index in [1.807, 2.05) is 18.5 Å². The van der Waals surface area contributed by atoms with Gasteiger partial charge in [0.1, 0.15) is 0 Å². The first-order valence-electron chi connectivity index (χ1n) is 8.78. The molecular formula is C17H24N6S. The molecule has 0 spiro atoms. The molecule has 5 heterocycles. The van der Waals surface area contributed by atoms with Crippen LogP contribution in [0.3, 0.4) is 0 Å². The van der Waals surface area contributed by atoms with E-state index in [9.17, 15) is 0 Å². The predicted molar refractivity (Wildman–Crippen MR) is 95.2 cm³/mol. The van der Waals surface area contributed by atoms with Crippen molar-refractivity contribution in [2.75, 3.05) is 24.5 Å². The van der Waals surface area contributed by atoms with E-state index in [2.05, 4.69) is 43.2 Å². The highest BCUT2D eigenvalue weighted by molar-refractivity contribution is 7.05. The van der Waals surface area contributed by atoms with Gasteiger partial charge in [0.05, 0.1) is 10.6 Å². The summed E-state index contributed by atoms with van der Waals surface area (Å²) in [4.78, 5) is 15.3. The lowest BCUT2D eigenvalue weighted by Crippen LogP contribution is -2.43. The van der Waals surface area contributed by atoms with Gasteiger partial charge >= 0.3 is 0 Å². The second-order valence-corrected chi connectivity index (χ2v) is 8.06. The Morgan fingerprint density at radius 2 is 2.00 bits per heavy atom. The van der Waals surface area contributed by atoms with Crippen molar-refractivity contribution in [3.8, 4) is 0 Å². The van der Waals surface area contributed by atoms with E-state index >= 15 is 0 Å². The lowest BCUT2D eigenvalue weighted by molar-refractivity contribution is 0.127. The summed E-state index contributed by atoms with van der Waals surface area (Å²) in [6.45, 7) is 8.62. The third-order valence-corrected chi connectivity index (χ3v) is 5.86. The first-order valence-corrected chi connectivity index (χ1v) is 9.55. The fraction of sp³-hybridized carbons (Fsp3) is 0.647. The van der Waals surface area contributed by atoms with Gasteiger partial charge in [-0.15, -0.1) is 5.10 Å². The monoisotopic (exact) mass is 344 g/mol. The number of aromatic nitrogens is 4. The number of hydrogen-bond donors (Lipinski definition) is 0. The third kappa shape index (κ3) is 3.15. The van der Waals surface area contributed by atoms with Gasteiger partial charge in [-0.1, -0.05) is 18.3 Å². The molecular weight excluding hydrogens is 320 g/mol. The number of nitrogens with zero attached hydrogens (tertiary/aromatic N) is 6. The fourth-order valence-corrected chi connectivity index (χ4v) is 4.76. The van der Waals surface area contributed by atoms with Crippen LogP contribution in [0, 0.1) is 5.92 Å². The average Bonchev–Trinajstić information content (AvgIpc) is 2.87. The lowest BCUT2D eigenvalue weighted by Gasteiger charge is -2.35.